The Morgan fingerprint density at radius 3 is 2.48 bits per heavy atom. The maximum Gasteiger partial charge on any atom is 0.433 e. The number of hydrogen-bond acceptors (Lipinski definition) is 7. The summed E-state index contributed by atoms with van der Waals surface area (Å²) < 4.78 is 79.7. The van der Waals surface area contributed by atoms with Crippen LogP contribution < -0.4 is 0 Å². The largest absolute Gasteiger partial charge is 0.433 e. The minimum absolute atomic E-state index is 0.00163. The Kier molecular flexibility index (Phi) is 5.28. The third-order valence-corrected chi connectivity index (χ3v) is 6.39. The minimum Gasteiger partial charge on any atom is -0.255 e. The lowest BCUT2D eigenvalue weighted by atomic mass is 10.0. The monoisotopic (exact) mass is 446 g/mol. The molecule has 0 radical (unpaired) electrons. The molecule has 2 aliphatic rings. The highest BCUT2D eigenvalue weighted by atomic mass is 32.2. The van der Waals surface area contributed by atoms with Gasteiger partial charge >= 0.3 is 6.18 Å². The number of aliphatic imine (C=N–C) groups is 2. The van der Waals surface area contributed by atoms with Crippen LogP contribution in [0.25, 0.3) is 5.70 Å². The molecule has 0 amide bonds. The number of alkyl halides is 3. The summed E-state index contributed by atoms with van der Waals surface area (Å²) in [5, 5.41) is 0. The Labute approximate surface area is 166 Å². The van der Waals surface area contributed by atoms with Crippen LogP contribution in [-0.4, -0.2) is 54.0 Å². The van der Waals surface area contributed by atoms with E-state index in [2.05, 4.69) is 19.3 Å². The van der Waals surface area contributed by atoms with Crippen LogP contribution in [0.2, 0.25) is 0 Å². The topological polar surface area (TPSA) is 101 Å². The molecule has 0 aromatic carbocycles. The van der Waals surface area contributed by atoms with Crippen LogP contribution in [-0.2, 0) is 19.6 Å². The second kappa shape index (κ2) is 7.17. The fourth-order valence-corrected chi connectivity index (χ4v) is 4.37. The summed E-state index contributed by atoms with van der Waals surface area (Å²) in [6.07, 6.45) is 2.87. The number of nitrogens with zero attached hydrogens (tertiary/aromatic N) is 4. The molecule has 29 heavy (non-hydrogen) atoms. The minimum atomic E-state index is -4.61. The lowest BCUT2D eigenvalue weighted by Gasteiger charge is -2.13. The number of pyridine rings is 1. The van der Waals surface area contributed by atoms with E-state index in [1.54, 1.807) is 0 Å². The highest BCUT2D eigenvalue weighted by Gasteiger charge is 2.37. The normalized spacial score (nSPS) is 19.4. The summed E-state index contributed by atoms with van der Waals surface area (Å²) in [5.41, 5.74) is -0.723. The third-order valence-electron chi connectivity index (χ3n) is 4.00. The SMILES string of the molecule is CCS(=O)(=O)c1cc(N=S(C)(C)=O)cnc1C1=CC2C=NC(C(F)(F)F)=CC2=N1. The molecule has 0 bridgehead atoms. The van der Waals surface area contributed by atoms with Crippen molar-refractivity contribution in [3.05, 3.63) is 35.8 Å². The maximum atomic E-state index is 12.9. The van der Waals surface area contributed by atoms with Crippen LogP contribution in [0.4, 0.5) is 18.9 Å². The zero-order valence-corrected chi connectivity index (χ0v) is 17.3. The molecule has 2 aliphatic heterocycles. The first-order valence-corrected chi connectivity index (χ1v) is 12.3. The molecule has 156 valence electrons. The fourth-order valence-electron chi connectivity index (χ4n) is 2.70. The molecule has 0 N–H and O–H groups in total. The van der Waals surface area contributed by atoms with Crippen molar-refractivity contribution in [2.75, 3.05) is 18.3 Å². The summed E-state index contributed by atoms with van der Waals surface area (Å²) >= 11 is 0. The second-order valence-corrected chi connectivity index (χ2v) is 11.4. The summed E-state index contributed by atoms with van der Waals surface area (Å²) in [5.74, 6) is -0.838. The van der Waals surface area contributed by atoms with Gasteiger partial charge in [-0.2, -0.15) is 17.5 Å². The van der Waals surface area contributed by atoms with Gasteiger partial charge in [0.15, 0.2) is 9.84 Å². The van der Waals surface area contributed by atoms with Crippen molar-refractivity contribution in [3.8, 4) is 0 Å². The van der Waals surface area contributed by atoms with Gasteiger partial charge in [0.25, 0.3) is 0 Å². The molecule has 3 rings (SSSR count). The average molecular weight is 446 g/mol. The lowest BCUT2D eigenvalue weighted by Crippen LogP contribution is -2.19. The summed E-state index contributed by atoms with van der Waals surface area (Å²) in [6, 6.07) is 1.25. The van der Waals surface area contributed by atoms with E-state index in [9.17, 15) is 25.8 Å². The van der Waals surface area contributed by atoms with Gasteiger partial charge in [0.05, 0.1) is 39.9 Å². The van der Waals surface area contributed by atoms with Gasteiger partial charge in [-0.1, -0.05) is 6.92 Å². The zero-order chi connectivity index (χ0) is 21.6. The van der Waals surface area contributed by atoms with Gasteiger partial charge in [-0.25, -0.2) is 12.6 Å². The van der Waals surface area contributed by atoms with Crippen LogP contribution in [0.15, 0.2) is 49.4 Å². The Morgan fingerprint density at radius 2 is 1.90 bits per heavy atom. The standard InChI is InChI=1S/C17H17F3N4O3S2/c1-4-29(26,27)14-6-11(24-28(2,3)25)9-22-16(14)13-5-10-8-21-15(17(18,19)20)7-12(10)23-13/h5-10H,4H2,1-3H3. The number of fused-ring (bicyclic) bond motifs is 1. The Balaban J connectivity index is 2.13. The highest BCUT2D eigenvalue weighted by molar-refractivity contribution is 7.92. The van der Waals surface area contributed by atoms with Crippen LogP contribution in [0, 0.1) is 5.92 Å². The van der Waals surface area contributed by atoms with E-state index in [0.717, 1.165) is 12.3 Å². The van der Waals surface area contributed by atoms with Gasteiger partial charge in [0.2, 0.25) is 0 Å². The molecule has 1 atom stereocenters. The summed E-state index contributed by atoms with van der Waals surface area (Å²) in [6.45, 7) is 1.45. The molecular weight excluding hydrogens is 429 g/mol. The van der Waals surface area contributed by atoms with Crippen molar-refractivity contribution >= 4 is 42.9 Å². The van der Waals surface area contributed by atoms with E-state index < -0.39 is 37.4 Å². The van der Waals surface area contributed by atoms with Crippen LogP contribution in [0.5, 0.6) is 0 Å². The van der Waals surface area contributed by atoms with E-state index in [1.165, 1.54) is 37.8 Å². The van der Waals surface area contributed by atoms with Crippen molar-refractivity contribution in [1.29, 1.82) is 0 Å². The molecule has 0 aliphatic carbocycles. The van der Waals surface area contributed by atoms with Crippen molar-refractivity contribution in [1.82, 2.24) is 4.98 Å². The van der Waals surface area contributed by atoms with Gasteiger partial charge in [0.1, 0.15) is 11.4 Å². The third kappa shape index (κ3) is 4.64. The molecule has 1 aromatic heterocycles. The summed E-state index contributed by atoms with van der Waals surface area (Å²) in [4.78, 5) is 11.5. The maximum absolute atomic E-state index is 12.9. The Bertz CT molecular complexity index is 1210. The van der Waals surface area contributed by atoms with Crippen molar-refractivity contribution in [3.63, 3.8) is 0 Å². The van der Waals surface area contributed by atoms with Gasteiger partial charge in [-0.15, -0.1) is 0 Å². The van der Waals surface area contributed by atoms with Gasteiger partial charge < -0.3 is 0 Å². The molecule has 3 heterocycles. The van der Waals surface area contributed by atoms with Gasteiger partial charge in [-0.3, -0.25) is 15.0 Å². The van der Waals surface area contributed by atoms with E-state index in [-0.39, 0.29) is 33.4 Å². The van der Waals surface area contributed by atoms with E-state index >= 15 is 0 Å². The molecule has 7 nitrogen and oxygen atoms in total. The fraction of sp³-hybridized carbons (Fsp3) is 0.353. The molecule has 0 spiro atoms. The van der Waals surface area contributed by atoms with Gasteiger partial charge in [0, 0.05) is 28.5 Å². The highest BCUT2D eigenvalue weighted by Crippen LogP contribution is 2.35. The summed E-state index contributed by atoms with van der Waals surface area (Å²) in [7, 11) is -6.31. The first kappa shape index (κ1) is 21.4. The Hall–Kier alpha value is -2.34. The molecule has 0 fully saturated rings. The molecule has 1 aromatic rings. The smallest absolute Gasteiger partial charge is 0.255 e. The number of aromatic nitrogens is 1. The van der Waals surface area contributed by atoms with E-state index in [4.69, 9.17) is 0 Å². The number of halogens is 3. The predicted octanol–water partition coefficient (Wildman–Crippen LogP) is 3.18. The zero-order valence-electron chi connectivity index (χ0n) is 15.6. The predicted molar refractivity (Wildman–Crippen MR) is 106 cm³/mol. The lowest BCUT2D eigenvalue weighted by molar-refractivity contribution is -0.0922. The first-order valence-electron chi connectivity index (χ1n) is 8.34. The van der Waals surface area contributed by atoms with Crippen molar-refractivity contribution in [2.24, 2.45) is 20.3 Å². The molecule has 1 unspecified atom stereocenters. The number of allylic oxidation sites excluding steroid dienone is 3. The first-order chi connectivity index (χ1) is 13.3. The second-order valence-electron chi connectivity index (χ2n) is 6.64. The quantitative estimate of drug-likeness (QED) is 0.709. The number of sulfone groups is 1. The number of hydrogen-bond donors (Lipinski definition) is 0. The van der Waals surface area contributed by atoms with Crippen LogP contribution in [0.1, 0.15) is 12.6 Å². The van der Waals surface area contributed by atoms with E-state index in [1.807, 2.05) is 0 Å². The average Bonchev–Trinajstić information content (AvgIpc) is 3.02. The Morgan fingerprint density at radius 1 is 1.21 bits per heavy atom. The van der Waals surface area contributed by atoms with Crippen molar-refractivity contribution in [2.45, 2.75) is 18.0 Å². The molecular formula is C17H17F3N4O3S2. The number of rotatable bonds is 4. The molecule has 12 heteroatoms. The van der Waals surface area contributed by atoms with Crippen LogP contribution in [0.3, 0.4) is 0 Å². The van der Waals surface area contributed by atoms with Crippen molar-refractivity contribution < 1.29 is 25.8 Å². The molecule has 0 saturated heterocycles. The van der Waals surface area contributed by atoms with Gasteiger partial charge in [-0.05, 0) is 18.2 Å². The molecule has 0 saturated carbocycles. The van der Waals surface area contributed by atoms with Crippen LogP contribution >= 0.6 is 0 Å². The van der Waals surface area contributed by atoms with E-state index in [0.29, 0.717) is 0 Å².